The van der Waals surface area contributed by atoms with Crippen molar-refractivity contribution in [3.05, 3.63) is 121 Å². The summed E-state index contributed by atoms with van der Waals surface area (Å²) in [6.45, 7) is 4.11. The number of nitrogens with two attached hydrogens (primary N) is 1. The molecule has 4 aromatic rings. The summed E-state index contributed by atoms with van der Waals surface area (Å²) >= 11 is -0.0417. The summed E-state index contributed by atoms with van der Waals surface area (Å²) in [6.07, 6.45) is -1.22. The van der Waals surface area contributed by atoms with Gasteiger partial charge in [0.25, 0.3) is 0 Å². The first-order chi connectivity index (χ1) is 18.8. The van der Waals surface area contributed by atoms with E-state index in [0.29, 0.717) is 26.4 Å². The molecule has 5 rings (SSSR count). The number of hydrogen-bond acceptors (Lipinski definition) is 4. The largest absolute Gasteiger partial charge is 0.377 e. The molecule has 1 heterocycles. The van der Waals surface area contributed by atoms with Crippen molar-refractivity contribution in [1.82, 2.24) is 0 Å². The van der Waals surface area contributed by atoms with Gasteiger partial charge >= 0.3 is 0 Å². The normalized spacial score (nSPS) is 15.8. The average molecular weight is 528 g/mol. The third kappa shape index (κ3) is 7.59. The maximum atomic E-state index is 5.85. The van der Waals surface area contributed by atoms with Crippen molar-refractivity contribution in [3.8, 4) is 0 Å². The topological polar surface area (TPSA) is 53.7 Å². The van der Waals surface area contributed by atoms with Crippen LogP contribution in [0.2, 0.25) is 0 Å². The van der Waals surface area contributed by atoms with Gasteiger partial charge in [0.2, 0.25) is 0 Å². The average Bonchev–Trinajstić information content (AvgIpc) is 2.98. The van der Waals surface area contributed by atoms with Crippen molar-refractivity contribution in [2.45, 2.75) is 0 Å². The smallest absolute Gasteiger partial charge is 0.150 e. The van der Waals surface area contributed by atoms with Gasteiger partial charge in [0, 0.05) is 0 Å². The summed E-state index contributed by atoms with van der Waals surface area (Å²) in [4.78, 5) is 0. The molecule has 198 valence electrons. The Morgan fingerprint density at radius 3 is 0.974 bits per heavy atom. The standard InChI is InChI=1S/C24H20B.C8H18NO3S/c1-5-13-21(14-6-1)25(22-15-7-2-8-16-22,23-17-9-3-10-18-23)24-19-11-4-12-20-24;9-13-7-5-11-3-1-10-2-4-12-6-8-13/h1-20H;1-9H2/q-1;+1. The lowest BCUT2D eigenvalue weighted by molar-refractivity contribution is 0.0191. The van der Waals surface area contributed by atoms with Gasteiger partial charge in [-0.3, -0.25) is 0 Å². The Morgan fingerprint density at radius 1 is 0.421 bits per heavy atom. The second-order valence-corrected chi connectivity index (χ2v) is 11.2. The summed E-state index contributed by atoms with van der Waals surface area (Å²) in [5.74, 6) is 1.87. The molecule has 0 bridgehead atoms. The highest BCUT2D eigenvalue weighted by molar-refractivity contribution is 7.94. The van der Waals surface area contributed by atoms with Crippen molar-refractivity contribution in [3.63, 3.8) is 0 Å². The van der Waals surface area contributed by atoms with Crippen molar-refractivity contribution < 1.29 is 14.2 Å². The van der Waals surface area contributed by atoms with E-state index in [9.17, 15) is 0 Å². The van der Waals surface area contributed by atoms with Crippen LogP contribution in [0.25, 0.3) is 0 Å². The minimum absolute atomic E-state index is 0.0417. The fourth-order valence-electron chi connectivity index (χ4n) is 5.10. The van der Waals surface area contributed by atoms with Gasteiger partial charge in [-0.15, -0.1) is 0 Å². The Labute approximate surface area is 230 Å². The fraction of sp³-hybridized carbons (Fsp3) is 0.250. The molecule has 0 saturated carbocycles. The molecule has 0 unspecified atom stereocenters. The highest BCUT2D eigenvalue weighted by Crippen LogP contribution is 2.09. The third-order valence-corrected chi connectivity index (χ3v) is 8.30. The SMILES string of the molecule is N[S+]1CCOCCOCCOCC1.c1ccc([B-](c2ccccc2)(c2ccccc2)c2ccccc2)cc1. The molecular weight excluding hydrogens is 489 g/mol. The van der Waals surface area contributed by atoms with Gasteiger partial charge in [-0.2, -0.15) is 27.0 Å². The monoisotopic (exact) mass is 527 g/mol. The van der Waals surface area contributed by atoms with E-state index >= 15 is 0 Å². The van der Waals surface area contributed by atoms with Gasteiger partial charge in [-0.25, -0.2) is 0 Å². The zero-order chi connectivity index (χ0) is 26.3. The molecule has 0 atom stereocenters. The molecule has 1 fully saturated rings. The minimum Gasteiger partial charge on any atom is -0.377 e. The van der Waals surface area contributed by atoms with Crippen molar-refractivity contribution >= 4 is 39.1 Å². The van der Waals surface area contributed by atoms with Crippen LogP contribution in [0.5, 0.6) is 0 Å². The molecule has 0 radical (unpaired) electrons. The lowest BCUT2D eigenvalue weighted by Gasteiger charge is -2.44. The zero-order valence-electron chi connectivity index (χ0n) is 22.0. The second-order valence-electron chi connectivity index (χ2n) is 9.29. The van der Waals surface area contributed by atoms with E-state index in [0.717, 1.165) is 24.7 Å². The van der Waals surface area contributed by atoms with E-state index in [4.69, 9.17) is 19.3 Å². The van der Waals surface area contributed by atoms with E-state index in [-0.39, 0.29) is 11.1 Å². The molecule has 1 saturated heterocycles. The highest BCUT2D eigenvalue weighted by Gasteiger charge is 2.31. The maximum Gasteiger partial charge on any atom is 0.150 e. The molecule has 4 nitrogen and oxygen atoms in total. The van der Waals surface area contributed by atoms with Crippen molar-refractivity contribution in [1.29, 1.82) is 0 Å². The predicted molar refractivity (Wildman–Crippen MR) is 164 cm³/mol. The molecule has 0 aliphatic carbocycles. The zero-order valence-corrected chi connectivity index (χ0v) is 22.8. The number of ether oxygens (including phenoxy) is 3. The van der Waals surface area contributed by atoms with Crippen LogP contribution in [0, 0.1) is 0 Å². The molecule has 6 heteroatoms. The molecule has 0 aromatic heterocycles. The van der Waals surface area contributed by atoms with Gasteiger partial charge in [0.1, 0.15) is 6.15 Å². The lowest BCUT2D eigenvalue weighted by Crippen LogP contribution is -2.74. The molecule has 0 amide bonds. The summed E-state index contributed by atoms with van der Waals surface area (Å²) in [7, 11) is 0. The first kappa shape index (κ1) is 28.2. The van der Waals surface area contributed by atoms with Crippen LogP contribution in [0.15, 0.2) is 121 Å². The quantitative estimate of drug-likeness (QED) is 0.328. The van der Waals surface area contributed by atoms with Gasteiger partial charge in [0.05, 0.1) is 50.7 Å². The second kappa shape index (κ2) is 15.5. The van der Waals surface area contributed by atoms with Crippen LogP contribution >= 0.6 is 0 Å². The van der Waals surface area contributed by atoms with Gasteiger partial charge in [0.15, 0.2) is 11.5 Å². The van der Waals surface area contributed by atoms with Gasteiger partial charge in [-0.1, -0.05) is 121 Å². The Morgan fingerprint density at radius 2 is 0.684 bits per heavy atom. The van der Waals surface area contributed by atoms with Crippen molar-refractivity contribution in [2.75, 3.05) is 51.1 Å². The van der Waals surface area contributed by atoms with Crippen molar-refractivity contribution in [2.24, 2.45) is 5.14 Å². The Balaban J connectivity index is 0.000000219. The molecule has 1 aliphatic rings. The fourth-order valence-corrected chi connectivity index (χ4v) is 5.97. The molecule has 2 N–H and O–H groups in total. The Kier molecular flexibility index (Phi) is 11.5. The van der Waals surface area contributed by atoms with E-state index in [2.05, 4.69) is 121 Å². The molecule has 0 spiro atoms. The number of rotatable bonds is 4. The van der Waals surface area contributed by atoms with E-state index < -0.39 is 6.15 Å². The third-order valence-electron chi connectivity index (χ3n) is 6.92. The van der Waals surface area contributed by atoms with Crippen LogP contribution in [-0.4, -0.2) is 57.3 Å². The van der Waals surface area contributed by atoms with E-state index in [1.807, 2.05) is 0 Å². The molecule has 1 aliphatic heterocycles. The summed E-state index contributed by atoms with van der Waals surface area (Å²) in [5, 5.41) is 5.85. The highest BCUT2D eigenvalue weighted by atomic mass is 32.2. The van der Waals surface area contributed by atoms with Crippen LogP contribution < -0.4 is 27.0 Å². The summed E-state index contributed by atoms with van der Waals surface area (Å²) in [6, 6.07) is 43.5. The molecule has 38 heavy (non-hydrogen) atoms. The van der Waals surface area contributed by atoms with Crippen LogP contribution in [-0.2, 0) is 25.3 Å². The van der Waals surface area contributed by atoms with Crippen LogP contribution in [0.4, 0.5) is 0 Å². The van der Waals surface area contributed by atoms with Crippen LogP contribution in [0.1, 0.15) is 0 Å². The van der Waals surface area contributed by atoms with E-state index in [1.54, 1.807) is 0 Å². The number of benzene rings is 4. The Hall–Kier alpha value is -2.87. The van der Waals surface area contributed by atoms with Gasteiger partial charge < -0.3 is 14.2 Å². The van der Waals surface area contributed by atoms with Crippen LogP contribution in [0.3, 0.4) is 0 Å². The predicted octanol–water partition coefficient (Wildman–Crippen LogP) is 2.61. The van der Waals surface area contributed by atoms with E-state index in [1.165, 1.54) is 21.9 Å². The molecular formula is C32H38BNO3S. The minimum atomic E-state index is -1.22. The maximum absolute atomic E-state index is 5.85. The summed E-state index contributed by atoms with van der Waals surface area (Å²) in [5.41, 5.74) is 5.36. The van der Waals surface area contributed by atoms with Gasteiger partial charge in [-0.05, 0) is 0 Å². The summed E-state index contributed by atoms with van der Waals surface area (Å²) < 4.78 is 15.9. The lowest BCUT2D eigenvalue weighted by atomic mass is 9.13. The first-order valence-corrected chi connectivity index (χ1v) is 15.0. The molecule has 4 aromatic carbocycles. The number of hydrogen-bond donors (Lipinski definition) is 1. The first-order valence-electron chi connectivity index (χ1n) is 13.3. The Bertz CT molecular complexity index is 991.